The van der Waals surface area contributed by atoms with Crippen molar-refractivity contribution < 1.29 is 0 Å². The summed E-state index contributed by atoms with van der Waals surface area (Å²) in [6.45, 7) is 5.94. The Balaban J connectivity index is 0.000000168. The molecule has 0 aliphatic heterocycles. The number of hydrogen-bond acceptors (Lipinski definition) is 4. The Morgan fingerprint density at radius 3 is 1.39 bits per heavy atom. The van der Waals surface area contributed by atoms with Gasteiger partial charge in [0.2, 0.25) is 0 Å². The highest BCUT2D eigenvalue weighted by molar-refractivity contribution is 6.00. The van der Waals surface area contributed by atoms with Crippen LogP contribution in [0.3, 0.4) is 0 Å². The molecule has 8 N–H and O–H groups in total. The van der Waals surface area contributed by atoms with E-state index in [1.807, 2.05) is 63.2 Å². The monoisotopic (exact) mass is 308 g/mol. The average molecular weight is 308 g/mol. The van der Waals surface area contributed by atoms with Crippen molar-refractivity contribution in [3.8, 4) is 0 Å². The van der Waals surface area contributed by atoms with Gasteiger partial charge in [0.15, 0.2) is 0 Å². The fourth-order valence-corrected chi connectivity index (χ4v) is 2.56. The summed E-state index contributed by atoms with van der Waals surface area (Å²) in [6.07, 6.45) is 0. The zero-order valence-electron chi connectivity index (χ0n) is 13.9. The van der Waals surface area contributed by atoms with Crippen molar-refractivity contribution in [2.45, 2.75) is 20.8 Å². The normalized spacial score (nSPS) is 10.2. The molecule has 0 amide bonds. The summed E-state index contributed by atoms with van der Waals surface area (Å²) in [5, 5.41) is 2.05. The minimum Gasteiger partial charge on any atom is -0.398 e. The summed E-state index contributed by atoms with van der Waals surface area (Å²) in [4.78, 5) is 0. The third kappa shape index (κ3) is 3.31. The SMILES string of the molecule is Cc1cc(C)c(N)c(C)c1N.Nc1ccc(N)c2ccccc12. The minimum absolute atomic E-state index is 0.778. The molecule has 0 spiro atoms. The van der Waals surface area contributed by atoms with Gasteiger partial charge in [-0.3, -0.25) is 0 Å². The fourth-order valence-electron chi connectivity index (χ4n) is 2.56. The van der Waals surface area contributed by atoms with Crippen molar-refractivity contribution in [2.24, 2.45) is 0 Å². The fraction of sp³-hybridized carbons (Fsp3) is 0.158. The molecule has 3 aromatic carbocycles. The van der Waals surface area contributed by atoms with E-state index < -0.39 is 0 Å². The van der Waals surface area contributed by atoms with Crippen molar-refractivity contribution in [1.82, 2.24) is 0 Å². The Hall–Kier alpha value is -2.88. The topological polar surface area (TPSA) is 104 Å². The highest BCUT2D eigenvalue weighted by Crippen LogP contribution is 2.26. The zero-order chi connectivity index (χ0) is 17.1. The van der Waals surface area contributed by atoms with Gasteiger partial charge in [0.25, 0.3) is 0 Å². The van der Waals surface area contributed by atoms with Crippen molar-refractivity contribution in [1.29, 1.82) is 0 Å². The lowest BCUT2D eigenvalue weighted by Gasteiger charge is -2.09. The van der Waals surface area contributed by atoms with E-state index in [1.54, 1.807) is 0 Å². The lowest BCUT2D eigenvalue weighted by atomic mass is 10.0. The van der Waals surface area contributed by atoms with Crippen LogP contribution in [0.5, 0.6) is 0 Å². The van der Waals surface area contributed by atoms with Crippen LogP contribution in [0.4, 0.5) is 22.7 Å². The molecular weight excluding hydrogens is 284 g/mol. The van der Waals surface area contributed by atoms with E-state index in [-0.39, 0.29) is 0 Å². The molecule has 4 nitrogen and oxygen atoms in total. The molecule has 0 unspecified atom stereocenters. The Morgan fingerprint density at radius 2 is 1.00 bits per heavy atom. The largest absolute Gasteiger partial charge is 0.398 e. The quantitative estimate of drug-likeness (QED) is 0.474. The average Bonchev–Trinajstić information content (AvgIpc) is 2.55. The first-order valence-corrected chi connectivity index (χ1v) is 7.47. The van der Waals surface area contributed by atoms with Crippen LogP contribution in [0.2, 0.25) is 0 Å². The van der Waals surface area contributed by atoms with Gasteiger partial charge >= 0.3 is 0 Å². The second kappa shape index (κ2) is 6.48. The van der Waals surface area contributed by atoms with Crippen LogP contribution in [-0.2, 0) is 0 Å². The van der Waals surface area contributed by atoms with E-state index in [9.17, 15) is 0 Å². The number of nitrogens with two attached hydrogens (primary N) is 4. The number of anilines is 4. The maximum absolute atomic E-state index is 5.77. The molecular formula is C19H24N4. The number of aryl methyl sites for hydroxylation is 2. The zero-order valence-corrected chi connectivity index (χ0v) is 13.9. The first-order valence-electron chi connectivity index (χ1n) is 7.47. The predicted octanol–water partition coefficient (Wildman–Crippen LogP) is 3.78. The molecule has 0 saturated carbocycles. The second-order valence-electron chi connectivity index (χ2n) is 5.75. The smallest absolute Gasteiger partial charge is 0.0395 e. The van der Waals surface area contributed by atoms with Crippen molar-refractivity contribution >= 4 is 33.5 Å². The van der Waals surface area contributed by atoms with Gasteiger partial charge in [-0.25, -0.2) is 0 Å². The van der Waals surface area contributed by atoms with Crippen LogP contribution < -0.4 is 22.9 Å². The molecule has 0 fully saturated rings. The molecule has 3 aromatic rings. The Kier molecular flexibility index (Phi) is 4.65. The van der Waals surface area contributed by atoms with E-state index in [0.717, 1.165) is 50.2 Å². The summed E-state index contributed by atoms with van der Waals surface area (Å²) < 4.78 is 0. The lowest BCUT2D eigenvalue weighted by molar-refractivity contribution is 1.33. The number of fused-ring (bicyclic) bond motifs is 1. The molecule has 0 heterocycles. The Bertz CT molecular complexity index is 787. The van der Waals surface area contributed by atoms with Gasteiger partial charge in [0, 0.05) is 33.5 Å². The number of benzene rings is 3. The number of rotatable bonds is 0. The summed E-state index contributed by atoms with van der Waals surface area (Å²) >= 11 is 0. The summed E-state index contributed by atoms with van der Waals surface area (Å²) in [5.41, 5.74) is 29.5. The highest BCUT2D eigenvalue weighted by Gasteiger charge is 2.04. The lowest BCUT2D eigenvalue weighted by Crippen LogP contribution is -2.00. The van der Waals surface area contributed by atoms with Gasteiger partial charge in [-0.2, -0.15) is 0 Å². The van der Waals surface area contributed by atoms with Gasteiger partial charge in [-0.1, -0.05) is 30.3 Å². The highest BCUT2D eigenvalue weighted by atomic mass is 14.6. The third-order valence-corrected chi connectivity index (χ3v) is 4.08. The minimum atomic E-state index is 0.778. The molecule has 0 aromatic heterocycles. The second-order valence-corrected chi connectivity index (χ2v) is 5.75. The standard InChI is InChI=1S/C10H10N2.C9H14N2/c11-9-5-6-10(12)8-4-2-1-3-7(8)9;1-5-4-6(2)9(11)7(3)8(5)10/h1-6H,11-12H2;4H,10-11H2,1-3H3. The molecule has 0 atom stereocenters. The molecule has 0 saturated heterocycles. The summed E-state index contributed by atoms with van der Waals surface area (Å²) in [7, 11) is 0. The van der Waals surface area contributed by atoms with Crippen LogP contribution >= 0.6 is 0 Å². The molecule has 3 rings (SSSR count). The van der Waals surface area contributed by atoms with E-state index in [2.05, 4.69) is 0 Å². The van der Waals surface area contributed by atoms with Crippen LogP contribution in [-0.4, -0.2) is 0 Å². The molecule has 4 heteroatoms. The van der Waals surface area contributed by atoms with Gasteiger partial charge in [0.1, 0.15) is 0 Å². The Labute approximate surface area is 137 Å². The molecule has 0 radical (unpaired) electrons. The molecule has 0 bridgehead atoms. The van der Waals surface area contributed by atoms with Gasteiger partial charge in [-0.15, -0.1) is 0 Å². The maximum Gasteiger partial charge on any atom is 0.0395 e. The molecule has 23 heavy (non-hydrogen) atoms. The van der Waals surface area contributed by atoms with Crippen LogP contribution in [0.15, 0.2) is 42.5 Å². The maximum atomic E-state index is 5.77. The summed E-state index contributed by atoms with van der Waals surface area (Å²) in [6, 6.07) is 13.5. The van der Waals surface area contributed by atoms with Crippen molar-refractivity contribution in [3.05, 3.63) is 59.2 Å². The van der Waals surface area contributed by atoms with Crippen LogP contribution in [0, 0.1) is 20.8 Å². The Morgan fingerprint density at radius 1 is 0.609 bits per heavy atom. The first kappa shape index (κ1) is 16.5. The summed E-state index contributed by atoms with van der Waals surface area (Å²) in [5.74, 6) is 0. The van der Waals surface area contributed by atoms with E-state index in [4.69, 9.17) is 22.9 Å². The molecule has 0 aliphatic carbocycles. The van der Waals surface area contributed by atoms with Crippen molar-refractivity contribution in [2.75, 3.05) is 22.9 Å². The van der Waals surface area contributed by atoms with E-state index >= 15 is 0 Å². The van der Waals surface area contributed by atoms with Gasteiger partial charge < -0.3 is 22.9 Å². The number of hydrogen-bond donors (Lipinski definition) is 4. The first-order chi connectivity index (χ1) is 10.8. The van der Waals surface area contributed by atoms with E-state index in [0.29, 0.717) is 0 Å². The molecule has 0 aliphatic rings. The van der Waals surface area contributed by atoms with Gasteiger partial charge in [0.05, 0.1) is 0 Å². The van der Waals surface area contributed by atoms with Crippen LogP contribution in [0.25, 0.3) is 10.8 Å². The van der Waals surface area contributed by atoms with Gasteiger partial charge in [-0.05, 0) is 49.6 Å². The van der Waals surface area contributed by atoms with Crippen molar-refractivity contribution in [3.63, 3.8) is 0 Å². The van der Waals surface area contributed by atoms with Crippen LogP contribution in [0.1, 0.15) is 16.7 Å². The number of nitrogen functional groups attached to an aromatic ring is 4. The molecule has 120 valence electrons. The third-order valence-electron chi connectivity index (χ3n) is 4.08. The van der Waals surface area contributed by atoms with E-state index in [1.165, 1.54) is 0 Å². The predicted molar refractivity (Wildman–Crippen MR) is 102 cm³/mol.